The second kappa shape index (κ2) is 5.80. The fraction of sp³-hybridized carbons (Fsp3) is 0.231. The predicted molar refractivity (Wildman–Crippen MR) is 71.7 cm³/mol. The number of nitrogens with one attached hydrogen (secondary N) is 1. The van der Waals surface area contributed by atoms with Crippen LogP contribution in [0.5, 0.6) is 0 Å². The highest BCUT2D eigenvalue weighted by atomic mass is 35.5. The maximum absolute atomic E-state index is 9.46. The van der Waals surface area contributed by atoms with Gasteiger partial charge in [-0.15, -0.1) is 0 Å². The minimum Gasteiger partial charge on any atom is -0.394 e. The van der Waals surface area contributed by atoms with Gasteiger partial charge in [0, 0.05) is 11.8 Å². The van der Waals surface area contributed by atoms with Crippen LogP contribution in [0.2, 0.25) is 5.28 Å². The van der Waals surface area contributed by atoms with E-state index in [2.05, 4.69) is 15.3 Å². The molecule has 2 aromatic rings. The molecular weight excluding hydrogens is 250 g/mol. The molecule has 0 saturated heterocycles. The fourth-order valence-corrected chi connectivity index (χ4v) is 1.78. The molecule has 0 fully saturated rings. The summed E-state index contributed by atoms with van der Waals surface area (Å²) in [5.74, 6) is 0.637. The standard InChI is InChI=1S/C13H14ClN3O/c1-9-7-15-13(14)17-12(9)16-11(8-18)10-5-3-2-4-6-10/h2-7,11,18H,8H2,1H3,(H,15,16,17). The summed E-state index contributed by atoms with van der Waals surface area (Å²) in [6, 6.07) is 9.48. The second-order valence-corrected chi connectivity index (χ2v) is 4.30. The van der Waals surface area contributed by atoms with Gasteiger partial charge >= 0.3 is 0 Å². The van der Waals surface area contributed by atoms with Gasteiger partial charge in [-0.1, -0.05) is 30.3 Å². The summed E-state index contributed by atoms with van der Waals surface area (Å²) < 4.78 is 0. The van der Waals surface area contributed by atoms with Gasteiger partial charge < -0.3 is 10.4 Å². The lowest BCUT2D eigenvalue weighted by atomic mass is 10.1. The molecule has 0 amide bonds. The van der Waals surface area contributed by atoms with Crippen LogP contribution < -0.4 is 5.32 Å². The van der Waals surface area contributed by atoms with Gasteiger partial charge in [0.15, 0.2) is 0 Å². The van der Waals surface area contributed by atoms with Crippen molar-refractivity contribution in [1.82, 2.24) is 9.97 Å². The number of aromatic nitrogens is 2. The lowest BCUT2D eigenvalue weighted by molar-refractivity contribution is 0.276. The highest BCUT2D eigenvalue weighted by Gasteiger charge is 2.12. The van der Waals surface area contributed by atoms with Crippen molar-refractivity contribution in [3.05, 3.63) is 52.9 Å². The molecule has 1 aromatic carbocycles. The molecule has 2 N–H and O–H groups in total. The number of rotatable bonds is 4. The first-order valence-corrected chi connectivity index (χ1v) is 6.00. The van der Waals surface area contributed by atoms with Crippen LogP contribution in [0.3, 0.4) is 0 Å². The van der Waals surface area contributed by atoms with Gasteiger partial charge in [0.1, 0.15) is 5.82 Å². The molecule has 0 radical (unpaired) electrons. The van der Waals surface area contributed by atoms with Crippen LogP contribution in [-0.2, 0) is 0 Å². The molecule has 1 heterocycles. The monoisotopic (exact) mass is 263 g/mol. The molecule has 4 nitrogen and oxygen atoms in total. The van der Waals surface area contributed by atoms with Gasteiger partial charge in [-0.3, -0.25) is 0 Å². The maximum atomic E-state index is 9.46. The third kappa shape index (κ3) is 2.97. The minimum atomic E-state index is -0.212. The van der Waals surface area contributed by atoms with E-state index in [1.165, 1.54) is 0 Å². The molecule has 1 unspecified atom stereocenters. The molecule has 0 spiro atoms. The molecule has 2 rings (SSSR count). The highest BCUT2D eigenvalue weighted by molar-refractivity contribution is 6.28. The zero-order valence-electron chi connectivity index (χ0n) is 9.97. The number of nitrogens with zero attached hydrogens (tertiary/aromatic N) is 2. The number of halogens is 1. The zero-order valence-corrected chi connectivity index (χ0v) is 10.7. The number of hydrogen-bond acceptors (Lipinski definition) is 4. The SMILES string of the molecule is Cc1cnc(Cl)nc1NC(CO)c1ccccc1. The molecule has 0 saturated carbocycles. The van der Waals surface area contributed by atoms with E-state index in [4.69, 9.17) is 11.6 Å². The first-order valence-electron chi connectivity index (χ1n) is 5.62. The number of aliphatic hydroxyl groups excluding tert-OH is 1. The summed E-state index contributed by atoms with van der Waals surface area (Å²) in [5, 5.41) is 12.8. The fourth-order valence-electron chi connectivity index (χ4n) is 1.65. The van der Waals surface area contributed by atoms with E-state index in [9.17, 15) is 5.11 Å². The third-order valence-electron chi connectivity index (χ3n) is 2.64. The molecular formula is C13H14ClN3O. The number of aryl methyl sites for hydroxylation is 1. The second-order valence-electron chi connectivity index (χ2n) is 3.96. The molecule has 0 bridgehead atoms. The first-order chi connectivity index (χ1) is 8.70. The van der Waals surface area contributed by atoms with E-state index in [0.717, 1.165) is 11.1 Å². The largest absolute Gasteiger partial charge is 0.394 e. The Hall–Kier alpha value is -1.65. The van der Waals surface area contributed by atoms with Crippen LogP contribution in [0.15, 0.2) is 36.5 Å². The summed E-state index contributed by atoms with van der Waals surface area (Å²) in [6.07, 6.45) is 1.65. The van der Waals surface area contributed by atoms with E-state index in [0.29, 0.717) is 5.82 Å². The van der Waals surface area contributed by atoms with Gasteiger partial charge in [-0.05, 0) is 24.1 Å². The van der Waals surface area contributed by atoms with E-state index in [1.54, 1.807) is 6.20 Å². The number of benzene rings is 1. The van der Waals surface area contributed by atoms with E-state index >= 15 is 0 Å². The number of anilines is 1. The molecule has 5 heteroatoms. The van der Waals surface area contributed by atoms with Crippen LogP contribution >= 0.6 is 11.6 Å². The molecule has 1 atom stereocenters. The molecule has 18 heavy (non-hydrogen) atoms. The van der Waals surface area contributed by atoms with Crippen LogP contribution in [0.4, 0.5) is 5.82 Å². The van der Waals surface area contributed by atoms with Crippen molar-refractivity contribution in [3.8, 4) is 0 Å². The summed E-state index contributed by atoms with van der Waals surface area (Å²) in [4.78, 5) is 8.02. The molecule has 0 aliphatic carbocycles. The van der Waals surface area contributed by atoms with Crippen molar-refractivity contribution >= 4 is 17.4 Å². The Labute approximate surface area is 111 Å². The molecule has 1 aromatic heterocycles. The first kappa shape index (κ1) is 12.8. The molecule has 0 aliphatic heterocycles. The Morgan fingerprint density at radius 2 is 2.06 bits per heavy atom. The van der Waals surface area contributed by atoms with Crippen molar-refractivity contribution in [1.29, 1.82) is 0 Å². The van der Waals surface area contributed by atoms with Gasteiger partial charge in [-0.25, -0.2) is 9.97 Å². The summed E-state index contributed by atoms with van der Waals surface area (Å²) in [5.41, 5.74) is 1.88. The van der Waals surface area contributed by atoms with Crippen LogP contribution in [-0.4, -0.2) is 21.7 Å². The zero-order chi connectivity index (χ0) is 13.0. The van der Waals surface area contributed by atoms with Crippen molar-refractivity contribution in [3.63, 3.8) is 0 Å². The average Bonchev–Trinajstić information content (AvgIpc) is 2.41. The normalized spacial score (nSPS) is 12.2. The minimum absolute atomic E-state index is 0.0227. The van der Waals surface area contributed by atoms with Crippen molar-refractivity contribution in [2.45, 2.75) is 13.0 Å². The molecule has 0 aliphatic rings. The summed E-state index contributed by atoms with van der Waals surface area (Å²) >= 11 is 5.76. The van der Waals surface area contributed by atoms with Gasteiger partial charge in [0.25, 0.3) is 0 Å². The van der Waals surface area contributed by atoms with Crippen molar-refractivity contribution < 1.29 is 5.11 Å². The Kier molecular flexibility index (Phi) is 4.12. The van der Waals surface area contributed by atoms with E-state index in [1.807, 2.05) is 37.3 Å². The van der Waals surface area contributed by atoms with E-state index < -0.39 is 0 Å². The van der Waals surface area contributed by atoms with Crippen molar-refractivity contribution in [2.24, 2.45) is 0 Å². The van der Waals surface area contributed by atoms with Crippen LogP contribution in [0.25, 0.3) is 0 Å². The Morgan fingerprint density at radius 3 is 2.72 bits per heavy atom. The Balaban J connectivity index is 2.23. The van der Waals surface area contributed by atoms with Crippen molar-refractivity contribution in [2.75, 3.05) is 11.9 Å². The quantitative estimate of drug-likeness (QED) is 0.833. The topological polar surface area (TPSA) is 58.0 Å². The molecule has 94 valence electrons. The Morgan fingerprint density at radius 1 is 1.33 bits per heavy atom. The lowest BCUT2D eigenvalue weighted by Crippen LogP contribution is -2.16. The smallest absolute Gasteiger partial charge is 0.224 e. The predicted octanol–water partition coefficient (Wildman–Crippen LogP) is 2.58. The van der Waals surface area contributed by atoms with Gasteiger partial charge in [0.05, 0.1) is 12.6 Å². The highest BCUT2D eigenvalue weighted by Crippen LogP contribution is 2.20. The third-order valence-corrected chi connectivity index (χ3v) is 2.82. The van der Waals surface area contributed by atoms with E-state index in [-0.39, 0.29) is 17.9 Å². The lowest BCUT2D eigenvalue weighted by Gasteiger charge is -2.18. The Bertz CT molecular complexity index is 519. The van der Waals surface area contributed by atoms with Gasteiger partial charge in [0.2, 0.25) is 5.28 Å². The average molecular weight is 264 g/mol. The number of hydrogen-bond donors (Lipinski definition) is 2. The number of aliphatic hydroxyl groups is 1. The van der Waals surface area contributed by atoms with Crippen LogP contribution in [0, 0.1) is 6.92 Å². The maximum Gasteiger partial charge on any atom is 0.224 e. The van der Waals surface area contributed by atoms with Crippen LogP contribution in [0.1, 0.15) is 17.2 Å². The summed E-state index contributed by atoms with van der Waals surface area (Å²) in [6.45, 7) is 1.86. The van der Waals surface area contributed by atoms with Gasteiger partial charge in [-0.2, -0.15) is 0 Å². The summed E-state index contributed by atoms with van der Waals surface area (Å²) in [7, 11) is 0.